The van der Waals surface area contributed by atoms with Gasteiger partial charge in [-0.15, -0.1) is 0 Å². The Hall–Kier alpha value is -4.31. The van der Waals surface area contributed by atoms with Crippen LogP contribution in [0.4, 0.5) is 0 Å². The number of nitrogens with zero attached hydrogens (tertiary/aromatic N) is 1. The third-order valence-corrected chi connectivity index (χ3v) is 9.41. The molecule has 0 saturated carbocycles. The van der Waals surface area contributed by atoms with Gasteiger partial charge >= 0.3 is 5.97 Å². The summed E-state index contributed by atoms with van der Waals surface area (Å²) in [5.41, 5.74) is 6.05. The number of amides is 6. The molecule has 1 saturated heterocycles. The zero-order chi connectivity index (χ0) is 40.9. The monoisotopic (exact) mass is 798 g/mol. The van der Waals surface area contributed by atoms with Crippen molar-refractivity contribution >= 4 is 53.2 Å². The molecule has 55 heavy (non-hydrogen) atoms. The number of carboxylic acids is 1. The highest BCUT2D eigenvalue weighted by Crippen LogP contribution is 2.10. The number of hydrogen-bond acceptors (Lipinski definition) is 13. The highest BCUT2D eigenvalue weighted by molar-refractivity contribution is 7.98. The Balaban J connectivity index is 2.18. The highest BCUT2D eigenvalue weighted by atomic mass is 32.2. The third kappa shape index (κ3) is 16.5. The standard InChI is InChI=1S/C34H58N10O10S/c1-19(2)13-25(34(53)54)42-31(50)24(14-20-15-36-18-38-20)41-33(52)27(17-46)43-29(48)22(7-4-5-10-35)39-32(51)26(16-45)44-30(49)23(9-12-55-3)40-28(47)21-8-6-11-37-21/h15,18-19,21-27,37,45-46H,4-14,16-17,35H2,1-3H3,(H,36,38)(H,39,51)(H,40,47)(H,41,52)(H,42,50)(H,43,48)(H,44,49)(H,53,54)/t21-,22-,23-,24-,25-,26-,27-/m0/s1. The van der Waals surface area contributed by atoms with Crippen molar-refractivity contribution in [3.63, 3.8) is 0 Å². The van der Waals surface area contributed by atoms with Crippen molar-refractivity contribution in [1.82, 2.24) is 47.2 Å². The molecular formula is C34H58N10O10S. The molecule has 21 heteroatoms. The maximum atomic E-state index is 13.5. The average molecular weight is 799 g/mol. The van der Waals surface area contributed by atoms with Crippen LogP contribution in [0, 0.1) is 5.92 Å². The van der Waals surface area contributed by atoms with Crippen molar-refractivity contribution in [3.8, 4) is 0 Å². The minimum absolute atomic E-state index is 0.0265. The lowest BCUT2D eigenvalue weighted by Crippen LogP contribution is -2.61. The van der Waals surface area contributed by atoms with E-state index in [9.17, 15) is 48.9 Å². The van der Waals surface area contributed by atoms with Crippen molar-refractivity contribution in [1.29, 1.82) is 0 Å². The molecule has 1 aliphatic rings. The largest absolute Gasteiger partial charge is 0.480 e. The van der Waals surface area contributed by atoms with Crippen LogP contribution in [0.25, 0.3) is 0 Å². The van der Waals surface area contributed by atoms with E-state index < -0.39 is 91.0 Å². The van der Waals surface area contributed by atoms with E-state index >= 15 is 0 Å². The number of thioether (sulfide) groups is 1. The van der Waals surface area contributed by atoms with E-state index in [-0.39, 0.29) is 44.1 Å². The molecule has 1 aromatic rings. The van der Waals surface area contributed by atoms with Gasteiger partial charge in [-0.1, -0.05) is 13.8 Å². The SMILES string of the molecule is CSCC[C@H](NC(=O)[C@@H]1CCCN1)C(=O)N[C@@H](CO)C(=O)N[C@@H](CCCCN)C(=O)N[C@@H](CO)C(=O)N[C@@H](Cc1cnc[nH]1)C(=O)N[C@@H](CC(C)C)C(=O)O. The maximum Gasteiger partial charge on any atom is 0.326 e. The van der Waals surface area contributed by atoms with Gasteiger partial charge in [0.1, 0.15) is 36.3 Å². The number of carbonyl (C=O) groups is 7. The van der Waals surface area contributed by atoms with Crippen molar-refractivity contribution in [2.75, 3.05) is 38.3 Å². The number of H-pyrrole nitrogens is 1. The first-order valence-corrected chi connectivity index (χ1v) is 19.8. The fourth-order valence-electron chi connectivity index (χ4n) is 5.71. The predicted octanol–water partition coefficient (Wildman–Crippen LogP) is -3.39. The topological polar surface area (TPSA) is 319 Å². The molecule has 1 aromatic heterocycles. The predicted molar refractivity (Wildman–Crippen MR) is 202 cm³/mol. The number of aliphatic carboxylic acids is 1. The van der Waals surface area contributed by atoms with Crippen molar-refractivity contribution in [2.24, 2.45) is 11.7 Å². The Morgan fingerprint density at radius 2 is 1.36 bits per heavy atom. The van der Waals surface area contributed by atoms with E-state index in [1.54, 1.807) is 13.8 Å². The smallest absolute Gasteiger partial charge is 0.326 e. The van der Waals surface area contributed by atoms with Gasteiger partial charge in [0, 0.05) is 18.3 Å². The van der Waals surface area contributed by atoms with E-state index in [0.29, 0.717) is 37.3 Å². The van der Waals surface area contributed by atoms with E-state index in [0.717, 1.165) is 6.42 Å². The first-order valence-electron chi connectivity index (χ1n) is 18.4. The molecule has 0 unspecified atom stereocenters. The second kappa shape index (κ2) is 25.0. The van der Waals surface area contributed by atoms with E-state index in [1.807, 2.05) is 6.26 Å². The Morgan fingerprint density at radius 3 is 1.85 bits per heavy atom. The number of nitrogens with one attached hydrogen (secondary N) is 8. The van der Waals surface area contributed by atoms with Crippen LogP contribution < -0.4 is 43.0 Å². The molecule has 7 atom stereocenters. The van der Waals surface area contributed by atoms with Crippen LogP contribution in [0.5, 0.6) is 0 Å². The minimum atomic E-state index is -1.62. The van der Waals surface area contributed by atoms with Crippen LogP contribution in [-0.2, 0) is 40.0 Å². The van der Waals surface area contributed by atoms with Crippen molar-refractivity contribution in [2.45, 2.75) is 108 Å². The number of carboxylic acid groups (broad SMARTS) is 1. The zero-order valence-electron chi connectivity index (χ0n) is 31.6. The number of imidazole rings is 1. The number of aromatic amines is 1. The molecule has 0 radical (unpaired) electrons. The number of nitrogens with two attached hydrogens (primary N) is 1. The number of hydrogen-bond donors (Lipinski definition) is 12. The number of rotatable bonds is 26. The molecule has 0 aromatic carbocycles. The molecule has 1 aliphatic heterocycles. The second-order valence-corrected chi connectivity index (χ2v) is 14.7. The van der Waals surface area contributed by atoms with E-state index in [2.05, 4.69) is 47.2 Å². The molecule has 0 bridgehead atoms. The van der Waals surface area contributed by atoms with Crippen LogP contribution in [0.2, 0.25) is 0 Å². The minimum Gasteiger partial charge on any atom is -0.480 e. The first kappa shape index (κ1) is 46.8. The lowest BCUT2D eigenvalue weighted by molar-refractivity contribution is -0.142. The van der Waals surface area contributed by atoms with Gasteiger partial charge < -0.3 is 63.3 Å². The van der Waals surface area contributed by atoms with Crippen LogP contribution in [-0.4, -0.2) is 147 Å². The summed E-state index contributed by atoms with van der Waals surface area (Å²) in [6.07, 6.45) is 7.10. The number of aromatic nitrogens is 2. The fourth-order valence-corrected chi connectivity index (χ4v) is 6.19. The Morgan fingerprint density at radius 1 is 0.818 bits per heavy atom. The van der Waals surface area contributed by atoms with Gasteiger partial charge in [0.05, 0.1) is 25.6 Å². The van der Waals surface area contributed by atoms with Crippen molar-refractivity contribution in [3.05, 3.63) is 18.2 Å². The summed E-state index contributed by atoms with van der Waals surface area (Å²) in [7, 11) is 0. The second-order valence-electron chi connectivity index (χ2n) is 13.7. The molecule has 310 valence electrons. The van der Waals surface area contributed by atoms with Gasteiger partial charge in [0.25, 0.3) is 0 Å². The fraction of sp³-hybridized carbons (Fsp3) is 0.706. The van der Waals surface area contributed by atoms with Crippen LogP contribution >= 0.6 is 11.8 Å². The number of carbonyl (C=O) groups excluding carboxylic acids is 6. The first-order chi connectivity index (χ1) is 26.2. The summed E-state index contributed by atoms with van der Waals surface area (Å²) in [6, 6.07) is -8.49. The van der Waals surface area contributed by atoms with Crippen molar-refractivity contribution < 1.29 is 48.9 Å². The third-order valence-electron chi connectivity index (χ3n) is 8.77. The van der Waals surface area contributed by atoms with Gasteiger partial charge in [-0.05, 0) is 76.0 Å². The number of aliphatic hydroxyl groups excluding tert-OH is 2. The van der Waals surface area contributed by atoms with Gasteiger partial charge in [-0.25, -0.2) is 9.78 Å². The molecule has 2 heterocycles. The summed E-state index contributed by atoms with van der Waals surface area (Å²) in [6.45, 7) is 2.76. The quantitative estimate of drug-likeness (QED) is 0.0407. The molecular weight excluding hydrogens is 741 g/mol. The summed E-state index contributed by atoms with van der Waals surface area (Å²) in [5, 5.41) is 47.8. The van der Waals surface area contributed by atoms with Crippen LogP contribution in [0.3, 0.4) is 0 Å². The maximum absolute atomic E-state index is 13.5. The summed E-state index contributed by atoms with van der Waals surface area (Å²) in [5.74, 6) is -5.51. The zero-order valence-corrected chi connectivity index (χ0v) is 32.4. The van der Waals surface area contributed by atoms with Gasteiger partial charge in [0.15, 0.2) is 0 Å². The molecule has 0 spiro atoms. The lowest BCUT2D eigenvalue weighted by atomic mass is 10.0. The highest BCUT2D eigenvalue weighted by Gasteiger charge is 2.34. The van der Waals surface area contributed by atoms with Gasteiger partial charge in [0.2, 0.25) is 35.4 Å². The molecule has 0 aliphatic carbocycles. The van der Waals surface area contributed by atoms with Crippen LogP contribution in [0.1, 0.15) is 64.5 Å². The molecule has 13 N–H and O–H groups in total. The number of aliphatic hydroxyl groups is 2. The van der Waals surface area contributed by atoms with Gasteiger partial charge in [-0.3, -0.25) is 28.8 Å². The Bertz CT molecular complexity index is 1400. The lowest BCUT2D eigenvalue weighted by Gasteiger charge is -2.27. The average Bonchev–Trinajstić information content (AvgIpc) is 3.88. The summed E-state index contributed by atoms with van der Waals surface area (Å²) < 4.78 is 0. The summed E-state index contributed by atoms with van der Waals surface area (Å²) >= 11 is 1.46. The molecule has 2 rings (SSSR count). The molecule has 1 fully saturated rings. The normalized spacial score (nSPS) is 17.2. The van der Waals surface area contributed by atoms with Crippen LogP contribution in [0.15, 0.2) is 12.5 Å². The molecule has 20 nitrogen and oxygen atoms in total. The summed E-state index contributed by atoms with van der Waals surface area (Å²) in [4.78, 5) is 98.1. The van der Waals surface area contributed by atoms with E-state index in [4.69, 9.17) is 5.73 Å². The Labute approximate surface area is 324 Å². The number of unbranched alkanes of at least 4 members (excludes halogenated alkanes) is 1. The van der Waals surface area contributed by atoms with Gasteiger partial charge in [-0.2, -0.15) is 11.8 Å². The molecule has 6 amide bonds. The Kier molecular flexibility index (Phi) is 21.3. The van der Waals surface area contributed by atoms with E-state index in [1.165, 1.54) is 24.3 Å².